The van der Waals surface area contributed by atoms with Gasteiger partial charge in [-0.25, -0.2) is 4.98 Å². The molecule has 0 aliphatic heterocycles. The standard InChI is InChI=1S/C8H5BrN2O2/c9-4-3-7(13)11-8-6(12)2-1-5-10-8/h1-2,5,12H,(H,10,11,13). The normalized spacial score (nSPS) is 8.38. The molecular formula is C8H5BrN2O2. The highest BCUT2D eigenvalue weighted by molar-refractivity contribution is 9.12. The summed E-state index contributed by atoms with van der Waals surface area (Å²) in [6.45, 7) is 0. The maximum Gasteiger partial charge on any atom is 0.302 e. The van der Waals surface area contributed by atoms with Crippen LogP contribution in [0.4, 0.5) is 5.82 Å². The van der Waals surface area contributed by atoms with Gasteiger partial charge < -0.3 is 5.11 Å². The number of aromatic hydroxyl groups is 1. The van der Waals surface area contributed by atoms with Crippen LogP contribution in [0, 0.1) is 10.8 Å². The summed E-state index contributed by atoms with van der Waals surface area (Å²) in [5.41, 5.74) is 0. The van der Waals surface area contributed by atoms with Gasteiger partial charge in [-0.3, -0.25) is 10.1 Å². The molecule has 13 heavy (non-hydrogen) atoms. The molecule has 0 radical (unpaired) electrons. The van der Waals surface area contributed by atoms with E-state index in [9.17, 15) is 9.90 Å². The van der Waals surface area contributed by atoms with Gasteiger partial charge in [-0.2, -0.15) is 0 Å². The van der Waals surface area contributed by atoms with Crippen LogP contribution in [0.25, 0.3) is 0 Å². The number of carbonyl (C=O) groups is 1. The van der Waals surface area contributed by atoms with E-state index in [1.807, 2.05) is 0 Å². The predicted molar refractivity (Wildman–Crippen MR) is 51.2 cm³/mol. The Hall–Kier alpha value is -1.54. The fourth-order valence-electron chi connectivity index (χ4n) is 0.675. The van der Waals surface area contributed by atoms with Crippen LogP contribution in [0.3, 0.4) is 0 Å². The van der Waals surface area contributed by atoms with Gasteiger partial charge in [0, 0.05) is 28.0 Å². The third kappa shape index (κ3) is 2.76. The molecule has 66 valence electrons. The van der Waals surface area contributed by atoms with Gasteiger partial charge in [0.15, 0.2) is 11.6 Å². The van der Waals surface area contributed by atoms with Crippen molar-refractivity contribution in [3.63, 3.8) is 0 Å². The van der Waals surface area contributed by atoms with E-state index in [0.29, 0.717) is 0 Å². The number of carbonyl (C=O) groups excluding carboxylic acids is 1. The summed E-state index contributed by atoms with van der Waals surface area (Å²) >= 11 is 2.78. The zero-order valence-corrected chi connectivity index (χ0v) is 8.00. The SMILES string of the molecule is O=C(C#CBr)Nc1ncccc1O. The van der Waals surface area contributed by atoms with Crippen LogP contribution in [0.5, 0.6) is 5.75 Å². The van der Waals surface area contributed by atoms with Crippen LogP contribution in [-0.2, 0) is 4.79 Å². The molecule has 1 rings (SSSR count). The van der Waals surface area contributed by atoms with Crippen LogP contribution in [0.2, 0.25) is 0 Å². The Morgan fingerprint density at radius 3 is 3.08 bits per heavy atom. The molecule has 0 atom stereocenters. The van der Waals surface area contributed by atoms with Crippen molar-refractivity contribution in [2.45, 2.75) is 0 Å². The molecule has 1 heterocycles. The summed E-state index contributed by atoms with van der Waals surface area (Å²) in [5.74, 6) is 1.66. The second-order valence-corrected chi connectivity index (χ2v) is 2.44. The lowest BCUT2D eigenvalue weighted by molar-refractivity contribution is -0.111. The number of halogens is 1. The summed E-state index contributed by atoms with van der Waals surface area (Å²) in [5, 5.41) is 11.5. The van der Waals surface area contributed by atoms with E-state index in [1.54, 1.807) is 6.07 Å². The molecule has 0 spiro atoms. The smallest absolute Gasteiger partial charge is 0.302 e. The quantitative estimate of drug-likeness (QED) is 0.723. The molecule has 1 aromatic heterocycles. The zero-order valence-electron chi connectivity index (χ0n) is 6.41. The van der Waals surface area contributed by atoms with Crippen molar-refractivity contribution in [3.05, 3.63) is 18.3 Å². The molecule has 1 aromatic rings. The monoisotopic (exact) mass is 240 g/mol. The Balaban J connectivity index is 2.78. The average Bonchev–Trinajstić information content (AvgIpc) is 2.09. The number of rotatable bonds is 1. The molecular weight excluding hydrogens is 236 g/mol. The molecule has 4 nitrogen and oxygen atoms in total. The van der Waals surface area contributed by atoms with Gasteiger partial charge in [-0.15, -0.1) is 0 Å². The first-order chi connectivity index (χ1) is 6.24. The molecule has 1 amide bonds. The van der Waals surface area contributed by atoms with E-state index >= 15 is 0 Å². The second kappa shape index (κ2) is 4.48. The van der Waals surface area contributed by atoms with Gasteiger partial charge in [-0.05, 0) is 17.0 Å². The van der Waals surface area contributed by atoms with E-state index in [2.05, 4.69) is 37.0 Å². The highest BCUT2D eigenvalue weighted by Crippen LogP contribution is 2.17. The largest absolute Gasteiger partial charge is 0.504 e. The first-order valence-electron chi connectivity index (χ1n) is 3.30. The van der Waals surface area contributed by atoms with E-state index < -0.39 is 5.91 Å². The van der Waals surface area contributed by atoms with Gasteiger partial charge in [0.1, 0.15) is 0 Å². The zero-order chi connectivity index (χ0) is 9.68. The number of aromatic nitrogens is 1. The molecule has 2 N–H and O–H groups in total. The van der Waals surface area contributed by atoms with E-state index in [4.69, 9.17) is 0 Å². The van der Waals surface area contributed by atoms with Crippen molar-refractivity contribution in [1.29, 1.82) is 0 Å². The summed E-state index contributed by atoms with van der Waals surface area (Å²) in [6.07, 6.45) is 1.46. The van der Waals surface area contributed by atoms with Gasteiger partial charge in [0.2, 0.25) is 0 Å². The topological polar surface area (TPSA) is 62.2 Å². The summed E-state index contributed by atoms with van der Waals surface area (Å²) in [4.78, 5) is 16.9. The average molecular weight is 241 g/mol. The highest BCUT2D eigenvalue weighted by atomic mass is 79.9. The van der Waals surface area contributed by atoms with E-state index in [-0.39, 0.29) is 11.6 Å². The van der Waals surface area contributed by atoms with Crippen LogP contribution in [0.1, 0.15) is 0 Å². The number of hydrogen-bond acceptors (Lipinski definition) is 3. The lowest BCUT2D eigenvalue weighted by Crippen LogP contribution is -2.09. The van der Waals surface area contributed by atoms with E-state index in [0.717, 1.165) is 0 Å². The number of anilines is 1. The van der Waals surface area contributed by atoms with Crippen LogP contribution in [0.15, 0.2) is 18.3 Å². The minimum absolute atomic E-state index is 0.0905. The third-order valence-electron chi connectivity index (χ3n) is 1.18. The lowest BCUT2D eigenvalue weighted by Gasteiger charge is -2.00. The number of amides is 1. The third-order valence-corrected chi connectivity index (χ3v) is 1.38. The second-order valence-electron chi connectivity index (χ2n) is 2.04. The Morgan fingerprint density at radius 1 is 1.69 bits per heavy atom. The minimum atomic E-state index is -0.536. The van der Waals surface area contributed by atoms with Crippen molar-refractivity contribution >= 4 is 27.7 Å². The maximum atomic E-state index is 10.9. The van der Waals surface area contributed by atoms with Gasteiger partial charge in [-0.1, -0.05) is 0 Å². The van der Waals surface area contributed by atoms with Crippen LogP contribution in [-0.4, -0.2) is 16.0 Å². The predicted octanol–water partition coefficient (Wildman–Crippen LogP) is 1.08. The number of nitrogens with one attached hydrogen (secondary N) is 1. The van der Waals surface area contributed by atoms with Crippen LogP contribution < -0.4 is 5.32 Å². The summed E-state index contributed by atoms with van der Waals surface area (Å²) in [7, 11) is 0. The Kier molecular flexibility index (Phi) is 3.29. The van der Waals surface area contributed by atoms with Gasteiger partial charge in [0.05, 0.1) is 0 Å². The van der Waals surface area contributed by atoms with Crippen LogP contribution >= 0.6 is 15.9 Å². The number of nitrogens with zero attached hydrogens (tertiary/aromatic N) is 1. The van der Waals surface area contributed by atoms with Crippen molar-refractivity contribution in [2.75, 3.05) is 5.32 Å². The Bertz CT molecular complexity index is 381. The minimum Gasteiger partial charge on any atom is -0.504 e. The van der Waals surface area contributed by atoms with Crippen molar-refractivity contribution < 1.29 is 9.90 Å². The van der Waals surface area contributed by atoms with Gasteiger partial charge in [0.25, 0.3) is 0 Å². The van der Waals surface area contributed by atoms with Crippen molar-refractivity contribution in [2.24, 2.45) is 0 Å². The summed E-state index contributed by atoms with van der Waals surface area (Å²) < 4.78 is 0. The van der Waals surface area contributed by atoms with E-state index in [1.165, 1.54) is 12.3 Å². The fraction of sp³-hybridized carbons (Fsp3) is 0. The molecule has 0 aromatic carbocycles. The molecule has 5 heteroatoms. The lowest BCUT2D eigenvalue weighted by atomic mass is 10.4. The number of pyridine rings is 1. The summed E-state index contributed by atoms with van der Waals surface area (Å²) in [6, 6.07) is 2.98. The molecule has 0 unspecified atom stereocenters. The molecule has 0 bridgehead atoms. The van der Waals surface area contributed by atoms with Crippen molar-refractivity contribution in [3.8, 4) is 16.5 Å². The Labute approximate surface area is 83.1 Å². The molecule has 0 saturated carbocycles. The molecule has 0 aliphatic rings. The molecule has 0 aliphatic carbocycles. The molecule has 0 saturated heterocycles. The molecule has 0 fully saturated rings. The van der Waals surface area contributed by atoms with Crippen molar-refractivity contribution in [1.82, 2.24) is 4.98 Å². The fourth-order valence-corrected chi connectivity index (χ4v) is 0.855. The highest BCUT2D eigenvalue weighted by Gasteiger charge is 2.03. The van der Waals surface area contributed by atoms with Gasteiger partial charge >= 0.3 is 5.91 Å². The first-order valence-corrected chi connectivity index (χ1v) is 4.10. The maximum absolute atomic E-state index is 10.9. The Morgan fingerprint density at radius 2 is 2.46 bits per heavy atom. The first kappa shape index (κ1) is 9.55. The number of hydrogen-bond donors (Lipinski definition) is 2.